The summed E-state index contributed by atoms with van der Waals surface area (Å²) in [6, 6.07) is 7.80. The Morgan fingerprint density at radius 2 is 2.00 bits per heavy atom. The van der Waals surface area contributed by atoms with E-state index in [2.05, 4.69) is 0 Å². The second kappa shape index (κ2) is 5.40. The van der Waals surface area contributed by atoms with Crippen LogP contribution in [0.15, 0.2) is 24.3 Å². The molecule has 4 nitrogen and oxygen atoms in total. The molecule has 0 aromatic heterocycles. The quantitative estimate of drug-likeness (QED) is 0.748. The molecule has 0 saturated carbocycles. The van der Waals surface area contributed by atoms with E-state index in [1.807, 2.05) is 31.2 Å². The average Bonchev–Trinajstić information content (AvgIpc) is 2.35. The van der Waals surface area contributed by atoms with E-state index in [0.29, 0.717) is 26.2 Å². The number of methoxy groups -OCH3 is 1. The Morgan fingerprint density at radius 3 is 2.44 bits per heavy atom. The molecule has 1 heterocycles. The maximum atomic E-state index is 11.8. The van der Waals surface area contributed by atoms with Gasteiger partial charge in [-0.2, -0.15) is 0 Å². The molecule has 1 fully saturated rings. The van der Waals surface area contributed by atoms with E-state index in [-0.39, 0.29) is 5.97 Å². The summed E-state index contributed by atoms with van der Waals surface area (Å²) in [6.45, 7) is 3.48. The van der Waals surface area contributed by atoms with Crippen LogP contribution in [-0.2, 0) is 20.7 Å². The Kier molecular flexibility index (Phi) is 3.87. The molecule has 1 aliphatic heterocycles. The van der Waals surface area contributed by atoms with Crippen molar-refractivity contribution in [3.63, 3.8) is 0 Å². The first-order chi connectivity index (χ1) is 8.70. The lowest BCUT2D eigenvalue weighted by Gasteiger charge is -2.38. The van der Waals surface area contributed by atoms with E-state index in [4.69, 9.17) is 14.2 Å². The van der Waals surface area contributed by atoms with Crippen LogP contribution in [0.4, 0.5) is 0 Å². The molecule has 4 heteroatoms. The van der Waals surface area contributed by atoms with Gasteiger partial charge in [-0.3, -0.25) is 4.79 Å². The first kappa shape index (κ1) is 12.9. The SMILES string of the molecule is CCOc1ccc(CC2(C(=O)OC)COC2)cc1. The minimum absolute atomic E-state index is 0.192. The molecule has 2 rings (SSSR count). The van der Waals surface area contributed by atoms with Crippen LogP contribution in [0.5, 0.6) is 5.75 Å². The number of benzene rings is 1. The van der Waals surface area contributed by atoms with Gasteiger partial charge < -0.3 is 14.2 Å². The van der Waals surface area contributed by atoms with Gasteiger partial charge in [0.15, 0.2) is 0 Å². The van der Waals surface area contributed by atoms with Crippen LogP contribution in [0.2, 0.25) is 0 Å². The summed E-state index contributed by atoms with van der Waals surface area (Å²) in [6.07, 6.45) is 0.645. The molecule has 0 spiro atoms. The van der Waals surface area contributed by atoms with Gasteiger partial charge in [-0.05, 0) is 31.0 Å². The number of hydrogen-bond donors (Lipinski definition) is 0. The molecular weight excluding hydrogens is 232 g/mol. The molecule has 1 aromatic carbocycles. The lowest BCUT2D eigenvalue weighted by molar-refractivity contribution is -0.182. The Balaban J connectivity index is 2.06. The Morgan fingerprint density at radius 1 is 1.33 bits per heavy atom. The van der Waals surface area contributed by atoms with Crippen molar-refractivity contribution in [3.05, 3.63) is 29.8 Å². The zero-order valence-electron chi connectivity index (χ0n) is 10.8. The maximum Gasteiger partial charge on any atom is 0.316 e. The lowest BCUT2D eigenvalue weighted by atomic mass is 9.80. The molecule has 0 atom stereocenters. The summed E-state index contributed by atoms with van der Waals surface area (Å²) < 4.78 is 15.4. The molecule has 0 aliphatic carbocycles. The third-order valence-electron chi connectivity index (χ3n) is 3.15. The summed E-state index contributed by atoms with van der Waals surface area (Å²) in [7, 11) is 1.42. The normalized spacial score (nSPS) is 16.8. The molecule has 18 heavy (non-hydrogen) atoms. The number of ether oxygens (including phenoxy) is 3. The second-order valence-corrected chi connectivity index (χ2v) is 4.52. The van der Waals surface area contributed by atoms with Crippen LogP contribution >= 0.6 is 0 Å². The topological polar surface area (TPSA) is 44.8 Å². The first-order valence-electron chi connectivity index (χ1n) is 6.08. The average molecular weight is 250 g/mol. The van der Waals surface area contributed by atoms with Crippen molar-refractivity contribution in [2.24, 2.45) is 5.41 Å². The van der Waals surface area contributed by atoms with Crippen LogP contribution in [0.25, 0.3) is 0 Å². The first-order valence-corrected chi connectivity index (χ1v) is 6.08. The molecule has 1 saturated heterocycles. The van der Waals surface area contributed by atoms with E-state index in [9.17, 15) is 4.79 Å². The number of esters is 1. The monoisotopic (exact) mass is 250 g/mol. The molecule has 0 N–H and O–H groups in total. The molecular formula is C14H18O4. The Hall–Kier alpha value is -1.55. The van der Waals surface area contributed by atoms with Gasteiger partial charge in [-0.25, -0.2) is 0 Å². The van der Waals surface area contributed by atoms with Crippen molar-refractivity contribution in [2.75, 3.05) is 26.9 Å². The third-order valence-corrected chi connectivity index (χ3v) is 3.15. The fourth-order valence-electron chi connectivity index (χ4n) is 2.12. The molecule has 0 unspecified atom stereocenters. The van der Waals surface area contributed by atoms with Crippen LogP contribution in [0.3, 0.4) is 0 Å². The van der Waals surface area contributed by atoms with Gasteiger partial charge in [0, 0.05) is 0 Å². The van der Waals surface area contributed by atoms with E-state index >= 15 is 0 Å². The Labute approximate surface area is 107 Å². The summed E-state index contributed by atoms with van der Waals surface area (Å²) in [5.74, 6) is 0.654. The van der Waals surface area contributed by atoms with E-state index in [0.717, 1.165) is 11.3 Å². The Bertz CT molecular complexity index is 406. The predicted molar refractivity (Wildman–Crippen MR) is 66.6 cm³/mol. The van der Waals surface area contributed by atoms with Crippen molar-refractivity contribution < 1.29 is 19.0 Å². The molecule has 0 bridgehead atoms. The zero-order valence-corrected chi connectivity index (χ0v) is 10.8. The molecule has 98 valence electrons. The van der Waals surface area contributed by atoms with Crippen LogP contribution in [0, 0.1) is 5.41 Å². The standard InChI is InChI=1S/C14H18O4/c1-3-18-12-6-4-11(5-7-12)8-14(9-17-10-14)13(15)16-2/h4-7H,3,8-10H2,1-2H3. The highest BCUT2D eigenvalue weighted by atomic mass is 16.5. The zero-order chi connectivity index (χ0) is 13.0. The van der Waals surface area contributed by atoms with Crippen molar-refractivity contribution in [1.29, 1.82) is 0 Å². The second-order valence-electron chi connectivity index (χ2n) is 4.52. The molecule has 0 radical (unpaired) electrons. The highest BCUT2D eigenvalue weighted by Gasteiger charge is 2.47. The number of carbonyl (C=O) groups excluding carboxylic acids is 1. The van der Waals surface area contributed by atoms with Gasteiger partial charge in [0.25, 0.3) is 0 Å². The molecule has 1 aliphatic rings. The van der Waals surface area contributed by atoms with Crippen molar-refractivity contribution >= 4 is 5.97 Å². The van der Waals surface area contributed by atoms with Gasteiger partial charge in [-0.1, -0.05) is 12.1 Å². The lowest BCUT2D eigenvalue weighted by Crippen LogP contribution is -2.51. The van der Waals surface area contributed by atoms with Crippen LogP contribution in [-0.4, -0.2) is 32.9 Å². The fourth-order valence-corrected chi connectivity index (χ4v) is 2.12. The smallest absolute Gasteiger partial charge is 0.316 e. The minimum atomic E-state index is -0.498. The third kappa shape index (κ3) is 2.48. The van der Waals surface area contributed by atoms with Crippen molar-refractivity contribution in [1.82, 2.24) is 0 Å². The summed E-state index contributed by atoms with van der Waals surface area (Å²) >= 11 is 0. The number of hydrogen-bond acceptors (Lipinski definition) is 4. The largest absolute Gasteiger partial charge is 0.494 e. The van der Waals surface area contributed by atoms with Gasteiger partial charge in [-0.15, -0.1) is 0 Å². The van der Waals surface area contributed by atoms with Crippen LogP contribution in [0.1, 0.15) is 12.5 Å². The molecule has 1 aromatic rings. The van der Waals surface area contributed by atoms with Gasteiger partial charge >= 0.3 is 5.97 Å². The predicted octanol–water partition coefficient (Wildman–Crippen LogP) is 1.82. The highest BCUT2D eigenvalue weighted by molar-refractivity contribution is 5.78. The summed E-state index contributed by atoms with van der Waals surface area (Å²) in [5.41, 5.74) is 0.592. The number of rotatable bonds is 5. The minimum Gasteiger partial charge on any atom is -0.494 e. The molecule has 0 amide bonds. The summed E-state index contributed by atoms with van der Waals surface area (Å²) in [4.78, 5) is 11.8. The van der Waals surface area contributed by atoms with Gasteiger partial charge in [0.05, 0.1) is 26.9 Å². The van der Waals surface area contributed by atoms with Crippen LogP contribution < -0.4 is 4.74 Å². The van der Waals surface area contributed by atoms with Gasteiger partial charge in [0.2, 0.25) is 0 Å². The van der Waals surface area contributed by atoms with E-state index in [1.54, 1.807) is 0 Å². The van der Waals surface area contributed by atoms with Crippen molar-refractivity contribution in [2.45, 2.75) is 13.3 Å². The fraction of sp³-hybridized carbons (Fsp3) is 0.500. The number of carbonyl (C=O) groups is 1. The van der Waals surface area contributed by atoms with E-state index < -0.39 is 5.41 Å². The summed E-state index contributed by atoms with van der Waals surface area (Å²) in [5, 5.41) is 0. The van der Waals surface area contributed by atoms with Crippen molar-refractivity contribution in [3.8, 4) is 5.75 Å². The maximum absolute atomic E-state index is 11.8. The van der Waals surface area contributed by atoms with Gasteiger partial charge in [0.1, 0.15) is 11.2 Å². The van der Waals surface area contributed by atoms with E-state index in [1.165, 1.54) is 7.11 Å². The highest BCUT2D eigenvalue weighted by Crippen LogP contribution is 2.33.